The highest BCUT2D eigenvalue weighted by atomic mass is 16.5. The van der Waals surface area contributed by atoms with Crippen molar-refractivity contribution in [2.75, 3.05) is 33.0 Å². The Kier molecular flexibility index (Phi) is 5.41. The zero-order chi connectivity index (χ0) is 15.1. The normalized spacial score (nSPS) is 21.0. The monoisotopic (exact) mass is 295 g/mol. The van der Waals surface area contributed by atoms with Gasteiger partial charge in [0.05, 0.1) is 13.2 Å². The molecule has 21 heavy (non-hydrogen) atoms. The second-order valence-electron chi connectivity index (χ2n) is 4.97. The highest BCUT2D eigenvalue weighted by Crippen LogP contribution is 2.26. The lowest BCUT2D eigenvalue weighted by molar-refractivity contribution is -0.124. The van der Waals surface area contributed by atoms with Crippen LogP contribution in [0.5, 0.6) is 11.5 Å². The van der Waals surface area contributed by atoms with E-state index in [0.717, 1.165) is 0 Å². The molecule has 1 aromatic carbocycles. The Labute approximate surface area is 124 Å². The number of para-hydroxylation sites is 2. The molecule has 0 saturated carbocycles. The first-order valence-corrected chi connectivity index (χ1v) is 7.04. The van der Waals surface area contributed by atoms with E-state index in [1.54, 1.807) is 12.1 Å². The van der Waals surface area contributed by atoms with Crippen LogP contribution in [0, 0.1) is 0 Å². The molecular weight excluding hydrogens is 274 g/mol. The number of rotatable bonds is 7. The predicted molar refractivity (Wildman–Crippen MR) is 76.5 cm³/mol. The molecular formula is C15H21NO5. The van der Waals surface area contributed by atoms with Crippen LogP contribution in [0.15, 0.2) is 24.3 Å². The molecule has 1 saturated heterocycles. The van der Waals surface area contributed by atoms with E-state index in [2.05, 4.69) is 5.32 Å². The molecule has 1 amide bonds. The van der Waals surface area contributed by atoms with E-state index in [1.165, 1.54) is 0 Å². The van der Waals surface area contributed by atoms with E-state index >= 15 is 0 Å². The van der Waals surface area contributed by atoms with Crippen molar-refractivity contribution in [2.45, 2.75) is 18.9 Å². The molecule has 0 radical (unpaired) electrons. The summed E-state index contributed by atoms with van der Waals surface area (Å²) >= 11 is 0. The minimum absolute atomic E-state index is 0.124. The van der Waals surface area contributed by atoms with Crippen LogP contribution in [0.4, 0.5) is 0 Å². The second-order valence-corrected chi connectivity index (χ2v) is 4.97. The van der Waals surface area contributed by atoms with Gasteiger partial charge in [-0.05, 0) is 19.1 Å². The van der Waals surface area contributed by atoms with Crippen molar-refractivity contribution in [1.82, 2.24) is 5.32 Å². The molecule has 0 aliphatic carbocycles. The lowest BCUT2D eigenvalue weighted by atomic mass is 10.0. The maximum atomic E-state index is 11.8. The van der Waals surface area contributed by atoms with Gasteiger partial charge < -0.3 is 24.6 Å². The summed E-state index contributed by atoms with van der Waals surface area (Å²) in [7, 11) is 0. The predicted octanol–water partition coefficient (Wildman–Crippen LogP) is 0.732. The molecule has 0 bridgehead atoms. The molecule has 1 atom stereocenters. The molecule has 6 heteroatoms. The lowest BCUT2D eigenvalue weighted by Gasteiger charge is -2.20. The smallest absolute Gasteiger partial charge is 0.258 e. The van der Waals surface area contributed by atoms with Gasteiger partial charge in [0.15, 0.2) is 18.1 Å². The third-order valence-electron chi connectivity index (χ3n) is 3.20. The molecule has 1 aliphatic rings. The average molecular weight is 295 g/mol. The molecule has 2 rings (SSSR count). The zero-order valence-corrected chi connectivity index (χ0v) is 12.1. The number of benzene rings is 1. The van der Waals surface area contributed by atoms with E-state index in [-0.39, 0.29) is 25.7 Å². The van der Waals surface area contributed by atoms with Crippen LogP contribution < -0.4 is 14.8 Å². The standard InChI is InChI=1S/C15H21NO5/c1-2-20-12-5-3-4-6-13(12)21-9-14(17)16-10-15(18)7-8-19-11-15/h3-6,18H,2,7-11H2,1H3,(H,16,17). The summed E-state index contributed by atoms with van der Waals surface area (Å²) in [5.41, 5.74) is -0.959. The van der Waals surface area contributed by atoms with E-state index in [1.807, 2.05) is 19.1 Å². The molecule has 1 aliphatic heterocycles. The van der Waals surface area contributed by atoms with Gasteiger partial charge in [0.1, 0.15) is 5.60 Å². The Morgan fingerprint density at radius 1 is 1.38 bits per heavy atom. The highest BCUT2D eigenvalue weighted by Gasteiger charge is 2.32. The summed E-state index contributed by atoms with van der Waals surface area (Å²) in [5, 5.41) is 12.7. The topological polar surface area (TPSA) is 77.0 Å². The fourth-order valence-corrected chi connectivity index (χ4v) is 2.04. The summed E-state index contributed by atoms with van der Waals surface area (Å²) in [4.78, 5) is 11.8. The second kappa shape index (κ2) is 7.28. The van der Waals surface area contributed by atoms with E-state index in [4.69, 9.17) is 14.2 Å². The van der Waals surface area contributed by atoms with Gasteiger partial charge in [-0.15, -0.1) is 0 Å². The van der Waals surface area contributed by atoms with Crippen LogP contribution in [-0.2, 0) is 9.53 Å². The first-order valence-electron chi connectivity index (χ1n) is 7.04. The van der Waals surface area contributed by atoms with Gasteiger partial charge in [-0.25, -0.2) is 0 Å². The molecule has 2 N–H and O–H groups in total. The number of ether oxygens (including phenoxy) is 3. The number of aliphatic hydroxyl groups is 1. The number of amides is 1. The van der Waals surface area contributed by atoms with Crippen molar-refractivity contribution in [3.05, 3.63) is 24.3 Å². The third-order valence-corrected chi connectivity index (χ3v) is 3.20. The number of nitrogens with one attached hydrogen (secondary N) is 1. The van der Waals surface area contributed by atoms with Crippen molar-refractivity contribution in [3.63, 3.8) is 0 Å². The van der Waals surface area contributed by atoms with Crippen LogP contribution in [0.2, 0.25) is 0 Å². The van der Waals surface area contributed by atoms with Gasteiger partial charge in [0, 0.05) is 19.6 Å². The molecule has 0 spiro atoms. The summed E-state index contributed by atoms with van der Waals surface area (Å²) in [5.74, 6) is 0.842. The first-order chi connectivity index (χ1) is 10.1. The van der Waals surface area contributed by atoms with Crippen LogP contribution in [0.1, 0.15) is 13.3 Å². The van der Waals surface area contributed by atoms with Crippen LogP contribution in [0.3, 0.4) is 0 Å². The fourth-order valence-electron chi connectivity index (χ4n) is 2.04. The molecule has 1 fully saturated rings. The SMILES string of the molecule is CCOc1ccccc1OCC(=O)NCC1(O)CCOC1. The maximum Gasteiger partial charge on any atom is 0.258 e. The number of carbonyl (C=O) groups excluding carboxylic acids is 1. The number of hydrogen-bond acceptors (Lipinski definition) is 5. The van der Waals surface area contributed by atoms with Gasteiger partial charge in [-0.2, -0.15) is 0 Å². The zero-order valence-electron chi connectivity index (χ0n) is 12.1. The average Bonchev–Trinajstić information content (AvgIpc) is 2.92. The first kappa shape index (κ1) is 15.6. The van der Waals surface area contributed by atoms with Crippen molar-refractivity contribution in [3.8, 4) is 11.5 Å². The maximum absolute atomic E-state index is 11.8. The highest BCUT2D eigenvalue weighted by molar-refractivity contribution is 5.77. The van der Waals surface area contributed by atoms with Crippen molar-refractivity contribution in [1.29, 1.82) is 0 Å². The third kappa shape index (κ3) is 4.61. The van der Waals surface area contributed by atoms with Gasteiger partial charge in [-0.3, -0.25) is 4.79 Å². The van der Waals surface area contributed by atoms with Gasteiger partial charge in [0.2, 0.25) is 0 Å². The molecule has 1 heterocycles. The largest absolute Gasteiger partial charge is 0.490 e. The van der Waals surface area contributed by atoms with Crippen molar-refractivity contribution < 1.29 is 24.1 Å². The summed E-state index contributed by atoms with van der Waals surface area (Å²) < 4.78 is 16.0. The van der Waals surface area contributed by atoms with Gasteiger partial charge in [-0.1, -0.05) is 12.1 Å². The molecule has 6 nitrogen and oxygen atoms in total. The Morgan fingerprint density at radius 2 is 2.10 bits per heavy atom. The molecule has 0 aromatic heterocycles. The van der Waals surface area contributed by atoms with E-state index in [0.29, 0.717) is 31.1 Å². The fraction of sp³-hybridized carbons (Fsp3) is 0.533. The quantitative estimate of drug-likeness (QED) is 0.775. The molecule has 116 valence electrons. The Bertz CT molecular complexity index is 471. The van der Waals surface area contributed by atoms with Gasteiger partial charge >= 0.3 is 0 Å². The van der Waals surface area contributed by atoms with Gasteiger partial charge in [0.25, 0.3) is 5.91 Å². The summed E-state index contributed by atoms with van der Waals surface area (Å²) in [6.07, 6.45) is 0.529. The minimum Gasteiger partial charge on any atom is -0.490 e. The Morgan fingerprint density at radius 3 is 2.71 bits per heavy atom. The van der Waals surface area contributed by atoms with E-state index in [9.17, 15) is 9.90 Å². The van der Waals surface area contributed by atoms with Crippen molar-refractivity contribution >= 4 is 5.91 Å². The summed E-state index contributed by atoms with van der Waals surface area (Å²) in [6, 6.07) is 7.19. The van der Waals surface area contributed by atoms with Crippen LogP contribution in [0.25, 0.3) is 0 Å². The lowest BCUT2D eigenvalue weighted by Crippen LogP contribution is -2.44. The summed E-state index contributed by atoms with van der Waals surface area (Å²) in [6.45, 7) is 3.22. The van der Waals surface area contributed by atoms with Crippen LogP contribution in [-0.4, -0.2) is 49.6 Å². The van der Waals surface area contributed by atoms with E-state index < -0.39 is 5.60 Å². The Hall–Kier alpha value is -1.79. The molecule has 1 aromatic rings. The Balaban J connectivity index is 1.78. The van der Waals surface area contributed by atoms with Crippen LogP contribution >= 0.6 is 0 Å². The van der Waals surface area contributed by atoms with Crippen molar-refractivity contribution in [2.24, 2.45) is 0 Å². The number of hydrogen-bond donors (Lipinski definition) is 2. The number of carbonyl (C=O) groups is 1. The molecule has 1 unspecified atom stereocenters. The minimum atomic E-state index is -0.959.